The zero-order chi connectivity index (χ0) is 14.1. The van der Waals surface area contributed by atoms with Gasteiger partial charge in [0.15, 0.2) is 0 Å². The standard InChI is InChI=1S/C17H18N2O/c1-11(2)12-4-3-5-13(8-12)14-6-7-15-10-18-17(20)19-16(15)9-14/h3-9,11H,10H2,1-2H3,(H2,18,19,20). The third-order valence-electron chi connectivity index (χ3n) is 3.68. The molecule has 1 aliphatic rings. The van der Waals surface area contributed by atoms with E-state index < -0.39 is 0 Å². The summed E-state index contributed by atoms with van der Waals surface area (Å²) in [5.41, 5.74) is 5.67. The van der Waals surface area contributed by atoms with Crippen LogP contribution in [0.25, 0.3) is 11.1 Å². The van der Waals surface area contributed by atoms with Crippen LogP contribution in [-0.2, 0) is 6.54 Å². The van der Waals surface area contributed by atoms with Crippen molar-refractivity contribution >= 4 is 11.7 Å². The van der Waals surface area contributed by atoms with Gasteiger partial charge in [0.25, 0.3) is 0 Å². The van der Waals surface area contributed by atoms with E-state index in [-0.39, 0.29) is 6.03 Å². The van der Waals surface area contributed by atoms with Crippen LogP contribution in [0.1, 0.15) is 30.9 Å². The molecule has 3 nitrogen and oxygen atoms in total. The van der Waals surface area contributed by atoms with Crippen LogP contribution >= 0.6 is 0 Å². The van der Waals surface area contributed by atoms with Gasteiger partial charge in [-0.1, -0.05) is 50.2 Å². The van der Waals surface area contributed by atoms with E-state index in [1.807, 2.05) is 6.07 Å². The number of benzene rings is 2. The summed E-state index contributed by atoms with van der Waals surface area (Å²) in [4.78, 5) is 11.4. The van der Waals surface area contributed by atoms with E-state index in [1.165, 1.54) is 11.1 Å². The second kappa shape index (κ2) is 5.00. The molecule has 102 valence electrons. The zero-order valence-electron chi connectivity index (χ0n) is 11.7. The van der Waals surface area contributed by atoms with Crippen molar-refractivity contribution in [3.63, 3.8) is 0 Å². The average Bonchev–Trinajstić information content (AvgIpc) is 2.46. The Morgan fingerprint density at radius 3 is 2.65 bits per heavy atom. The number of urea groups is 1. The van der Waals surface area contributed by atoms with Crippen molar-refractivity contribution in [1.29, 1.82) is 0 Å². The number of nitrogens with one attached hydrogen (secondary N) is 2. The molecule has 0 radical (unpaired) electrons. The molecule has 1 aliphatic heterocycles. The topological polar surface area (TPSA) is 41.1 Å². The van der Waals surface area contributed by atoms with Gasteiger partial charge in [0.05, 0.1) is 0 Å². The van der Waals surface area contributed by atoms with Gasteiger partial charge in [-0.05, 0) is 34.2 Å². The summed E-state index contributed by atoms with van der Waals surface area (Å²) in [6.07, 6.45) is 0. The molecule has 2 N–H and O–H groups in total. The van der Waals surface area contributed by atoms with E-state index in [9.17, 15) is 4.79 Å². The normalized spacial score (nSPS) is 13.7. The van der Waals surface area contributed by atoms with Crippen molar-refractivity contribution in [2.24, 2.45) is 0 Å². The van der Waals surface area contributed by atoms with Crippen molar-refractivity contribution in [1.82, 2.24) is 5.32 Å². The van der Waals surface area contributed by atoms with Crippen LogP contribution in [0.4, 0.5) is 10.5 Å². The highest BCUT2D eigenvalue weighted by Crippen LogP contribution is 2.29. The van der Waals surface area contributed by atoms with Gasteiger partial charge in [-0.3, -0.25) is 0 Å². The fraction of sp³-hybridized carbons (Fsp3) is 0.235. The van der Waals surface area contributed by atoms with Gasteiger partial charge in [0.2, 0.25) is 0 Å². The highest BCUT2D eigenvalue weighted by Gasteiger charge is 2.14. The molecule has 0 fully saturated rings. The highest BCUT2D eigenvalue weighted by atomic mass is 16.2. The number of carbonyl (C=O) groups excluding carboxylic acids is 1. The molecule has 0 aromatic heterocycles. The molecule has 2 aromatic rings. The summed E-state index contributed by atoms with van der Waals surface area (Å²) in [6, 6.07) is 14.7. The van der Waals surface area contributed by atoms with Crippen molar-refractivity contribution in [3.8, 4) is 11.1 Å². The van der Waals surface area contributed by atoms with Gasteiger partial charge in [-0.2, -0.15) is 0 Å². The predicted octanol–water partition coefficient (Wildman–Crippen LogP) is 4.11. The van der Waals surface area contributed by atoms with E-state index in [1.54, 1.807) is 0 Å². The lowest BCUT2D eigenvalue weighted by atomic mass is 9.96. The summed E-state index contributed by atoms with van der Waals surface area (Å²) in [5.74, 6) is 0.511. The number of anilines is 1. The van der Waals surface area contributed by atoms with E-state index in [0.29, 0.717) is 12.5 Å². The summed E-state index contributed by atoms with van der Waals surface area (Å²) < 4.78 is 0. The Balaban J connectivity index is 2.00. The summed E-state index contributed by atoms with van der Waals surface area (Å²) in [7, 11) is 0. The first kappa shape index (κ1) is 12.7. The first-order chi connectivity index (χ1) is 9.63. The van der Waals surface area contributed by atoms with E-state index in [0.717, 1.165) is 16.8 Å². The minimum Gasteiger partial charge on any atom is -0.334 e. The van der Waals surface area contributed by atoms with Gasteiger partial charge in [0, 0.05) is 12.2 Å². The number of rotatable bonds is 2. The van der Waals surface area contributed by atoms with Crippen LogP contribution < -0.4 is 10.6 Å². The third-order valence-corrected chi connectivity index (χ3v) is 3.68. The maximum atomic E-state index is 11.4. The van der Waals surface area contributed by atoms with Gasteiger partial charge in [0.1, 0.15) is 0 Å². The van der Waals surface area contributed by atoms with Crippen LogP contribution in [0.5, 0.6) is 0 Å². The Kier molecular flexibility index (Phi) is 3.18. The van der Waals surface area contributed by atoms with E-state index in [2.05, 4.69) is 60.9 Å². The van der Waals surface area contributed by atoms with Crippen LogP contribution in [-0.4, -0.2) is 6.03 Å². The number of carbonyl (C=O) groups is 1. The molecule has 0 saturated carbocycles. The van der Waals surface area contributed by atoms with Gasteiger partial charge in [-0.15, -0.1) is 0 Å². The van der Waals surface area contributed by atoms with E-state index >= 15 is 0 Å². The lowest BCUT2D eigenvalue weighted by Crippen LogP contribution is -2.33. The maximum absolute atomic E-state index is 11.4. The first-order valence-corrected chi connectivity index (χ1v) is 6.91. The Labute approximate surface area is 119 Å². The molecule has 0 bridgehead atoms. The SMILES string of the molecule is CC(C)c1cccc(-c2ccc3c(c2)NC(=O)NC3)c1. The minimum atomic E-state index is -0.134. The Morgan fingerprint density at radius 1 is 1.05 bits per heavy atom. The molecule has 1 heterocycles. The Hall–Kier alpha value is -2.29. The summed E-state index contributed by atoms with van der Waals surface area (Å²) in [5, 5.41) is 5.63. The predicted molar refractivity (Wildman–Crippen MR) is 81.8 cm³/mol. The fourth-order valence-corrected chi connectivity index (χ4v) is 2.45. The summed E-state index contributed by atoms with van der Waals surface area (Å²) >= 11 is 0. The Morgan fingerprint density at radius 2 is 1.85 bits per heavy atom. The number of amides is 2. The van der Waals surface area contributed by atoms with Crippen LogP contribution in [0.2, 0.25) is 0 Å². The zero-order valence-corrected chi connectivity index (χ0v) is 11.7. The molecule has 0 saturated heterocycles. The summed E-state index contributed by atoms with van der Waals surface area (Å²) in [6.45, 7) is 4.98. The van der Waals surface area contributed by atoms with Crippen molar-refractivity contribution in [3.05, 3.63) is 53.6 Å². The third kappa shape index (κ3) is 2.39. The smallest absolute Gasteiger partial charge is 0.319 e. The molecule has 2 amide bonds. The molecule has 2 aromatic carbocycles. The molecule has 3 heteroatoms. The quantitative estimate of drug-likeness (QED) is 0.843. The van der Waals surface area contributed by atoms with Crippen LogP contribution in [0.15, 0.2) is 42.5 Å². The fourth-order valence-electron chi connectivity index (χ4n) is 2.45. The molecule has 0 spiro atoms. The second-order valence-corrected chi connectivity index (χ2v) is 5.46. The number of fused-ring (bicyclic) bond motifs is 1. The monoisotopic (exact) mass is 266 g/mol. The van der Waals surface area contributed by atoms with Crippen molar-refractivity contribution < 1.29 is 4.79 Å². The Bertz CT molecular complexity index is 662. The lowest BCUT2D eigenvalue weighted by Gasteiger charge is -2.19. The number of hydrogen-bond acceptors (Lipinski definition) is 1. The molecular weight excluding hydrogens is 248 g/mol. The first-order valence-electron chi connectivity index (χ1n) is 6.91. The van der Waals surface area contributed by atoms with Crippen molar-refractivity contribution in [2.45, 2.75) is 26.3 Å². The van der Waals surface area contributed by atoms with Gasteiger partial charge in [-0.25, -0.2) is 4.79 Å². The largest absolute Gasteiger partial charge is 0.334 e. The molecule has 20 heavy (non-hydrogen) atoms. The van der Waals surface area contributed by atoms with Crippen LogP contribution in [0.3, 0.4) is 0 Å². The second-order valence-electron chi connectivity index (χ2n) is 5.46. The maximum Gasteiger partial charge on any atom is 0.319 e. The number of hydrogen-bond donors (Lipinski definition) is 2. The molecule has 0 aliphatic carbocycles. The molecular formula is C17H18N2O. The van der Waals surface area contributed by atoms with Gasteiger partial charge >= 0.3 is 6.03 Å². The van der Waals surface area contributed by atoms with Crippen LogP contribution in [0, 0.1) is 0 Å². The molecule has 0 unspecified atom stereocenters. The van der Waals surface area contributed by atoms with Crippen molar-refractivity contribution in [2.75, 3.05) is 5.32 Å². The molecule has 0 atom stereocenters. The minimum absolute atomic E-state index is 0.134. The van der Waals surface area contributed by atoms with Gasteiger partial charge < -0.3 is 10.6 Å². The highest BCUT2D eigenvalue weighted by molar-refractivity contribution is 5.93. The van der Waals surface area contributed by atoms with E-state index in [4.69, 9.17) is 0 Å². The lowest BCUT2D eigenvalue weighted by molar-refractivity contribution is 0.251. The molecule has 3 rings (SSSR count). The average molecular weight is 266 g/mol.